The average Bonchev–Trinajstić information content (AvgIpc) is 2.29. The molecule has 0 aromatic rings. The normalized spacial score (nSPS) is 18.6. The van der Waals surface area contributed by atoms with Gasteiger partial charge >= 0.3 is 11.9 Å². The van der Waals surface area contributed by atoms with E-state index in [1.54, 1.807) is 6.92 Å². The van der Waals surface area contributed by atoms with Crippen molar-refractivity contribution in [1.29, 1.82) is 0 Å². The van der Waals surface area contributed by atoms with Gasteiger partial charge in [-0.1, -0.05) is 39.0 Å². The summed E-state index contributed by atoms with van der Waals surface area (Å²) in [4.78, 5) is 22.2. The van der Waals surface area contributed by atoms with E-state index in [-0.39, 0.29) is 17.6 Å². The van der Waals surface area contributed by atoms with Gasteiger partial charge in [-0.15, -0.1) is 0 Å². The summed E-state index contributed by atoms with van der Waals surface area (Å²) in [6.07, 6.45) is 6.19. The van der Waals surface area contributed by atoms with Crippen molar-refractivity contribution in [1.82, 2.24) is 0 Å². The molecule has 0 spiro atoms. The van der Waals surface area contributed by atoms with E-state index >= 15 is 0 Å². The van der Waals surface area contributed by atoms with Crippen molar-refractivity contribution in [2.45, 2.75) is 51.9 Å². The molecule has 1 saturated carbocycles. The Labute approximate surface area is 101 Å². The van der Waals surface area contributed by atoms with Crippen LogP contribution in [0.25, 0.3) is 0 Å². The molecular weight excluding hydrogens is 220 g/mol. The number of carbonyl (C=O) groups is 2. The summed E-state index contributed by atoms with van der Waals surface area (Å²) in [6, 6.07) is 0. The summed E-state index contributed by atoms with van der Waals surface area (Å²) in [6.45, 7) is 1.69. The molecule has 96 valence electrons. The summed E-state index contributed by atoms with van der Waals surface area (Å²) in [5.41, 5.74) is 0.162. The minimum absolute atomic E-state index is 0.0584. The van der Waals surface area contributed by atoms with Gasteiger partial charge in [-0.05, 0) is 18.8 Å². The smallest absolute Gasteiger partial charge is 0.332 e. The van der Waals surface area contributed by atoms with Gasteiger partial charge < -0.3 is 10.2 Å². The average molecular weight is 240 g/mol. The predicted molar refractivity (Wildman–Crippen MR) is 63.8 cm³/mol. The number of hydrogen-bond donors (Lipinski definition) is 2. The summed E-state index contributed by atoms with van der Waals surface area (Å²) in [5.74, 6) is -1.83. The van der Waals surface area contributed by atoms with Crippen LogP contribution in [0.1, 0.15) is 51.9 Å². The minimum atomic E-state index is -1.10. The lowest BCUT2D eigenvalue weighted by atomic mass is 9.83. The third-order valence-electron chi connectivity index (χ3n) is 3.45. The maximum absolute atomic E-state index is 11.2. The second-order valence-electron chi connectivity index (χ2n) is 4.63. The van der Waals surface area contributed by atoms with Crippen LogP contribution in [0.3, 0.4) is 0 Å². The van der Waals surface area contributed by atoms with E-state index in [1.165, 1.54) is 6.42 Å². The Morgan fingerprint density at radius 1 is 1.00 bits per heavy atom. The van der Waals surface area contributed by atoms with Gasteiger partial charge in [0.1, 0.15) is 0 Å². The van der Waals surface area contributed by atoms with Crippen LogP contribution in [0.2, 0.25) is 0 Å². The molecule has 0 unspecified atom stereocenters. The third-order valence-corrected chi connectivity index (χ3v) is 3.45. The van der Waals surface area contributed by atoms with Gasteiger partial charge in [-0.2, -0.15) is 0 Å². The molecule has 1 rings (SSSR count). The summed E-state index contributed by atoms with van der Waals surface area (Å²) in [5, 5.41) is 18.1. The standard InChI is InChI=1S/C13H20O4/c1-2-10(12(14)15)11(13(16)17)8-9-6-4-3-5-7-9/h9H,2-8H2,1H3,(H,14,15)(H,16,17)/b11-10-. The van der Waals surface area contributed by atoms with Crippen LogP contribution in [0.4, 0.5) is 0 Å². The first-order valence-corrected chi connectivity index (χ1v) is 6.24. The molecule has 0 saturated heterocycles. The molecule has 17 heavy (non-hydrogen) atoms. The highest BCUT2D eigenvalue weighted by Gasteiger charge is 2.23. The summed E-state index contributed by atoms with van der Waals surface area (Å²) >= 11 is 0. The first-order valence-electron chi connectivity index (χ1n) is 6.24. The van der Waals surface area contributed by atoms with Crippen molar-refractivity contribution in [3.8, 4) is 0 Å². The molecule has 0 aliphatic heterocycles. The van der Waals surface area contributed by atoms with Crippen molar-refractivity contribution >= 4 is 11.9 Å². The molecule has 4 heteroatoms. The van der Waals surface area contributed by atoms with E-state index in [0.717, 1.165) is 25.7 Å². The van der Waals surface area contributed by atoms with Gasteiger partial charge in [-0.3, -0.25) is 0 Å². The highest BCUT2D eigenvalue weighted by Crippen LogP contribution is 2.30. The first-order chi connectivity index (χ1) is 8.06. The quantitative estimate of drug-likeness (QED) is 0.724. The van der Waals surface area contributed by atoms with E-state index in [9.17, 15) is 9.59 Å². The zero-order valence-corrected chi connectivity index (χ0v) is 10.2. The second-order valence-corrected chi connectivity index (χ2v) is 4.63. The minimum Gasteiger partial charge on any atom is -0.478 e. The molecule has 0 bridgehead atoms. The number of aliphatic carboxylic acids is 2. The van der Waals surface area contributed by atoms with E-state index in [4.69, 9.17) is 10.2 Å². The molecular formula is C13H20O4. The third kappa shape index (κ3) is 3.88. The summed E-state index contributed by atoms with van der Waals surface area (Å²) < 4.78 is 0. The zero-order chi connectivity index (χ0) is 12.8. The molecule has 0 radical (unpaired) electrons. The molecule has 0 aromatic carbocycles. The molecule has 0 atom stereocenters. The van der Waals surface area contributed by atoms with Crippen LogP contribution >= 0.6 is 0 Å². The van der Waals surface area contributed by atoms with E-state index < -0.39 is 11.9 Å². The van der Waals surface area contributed by atoms with Gasteiger partial charge in [-0.25, -0.2) is 9.59 Å². The molecule has 0 aromatic heterocycles. The van der Waals surface area contributed by atoms with E-state index in [1.807, 2.05) is 0 Å². The molecule has 4 nitrogen and oxygen atoms in total. The number of carboxylic acids is 2. The SMILES string of the molecule is CC/C(C(=O)O)=C(\CC1CCCCC1)C(=O)O. The van der Waals surface area contributed by atoms with Crippen LogP contribution in [0.15, 0.2) is 11.1 Å². The Kier molecular flexibility index (Phi) is 5.19. The fourth-order valence-corrected chi connectivity index (χ4v) is 2.51. The molecule has 1 fully saturated rings. The van der Waals surface area contributed by atoms with Gasteiger partial charge in [0.05, 0.1) is 0 Å². The van der Waals surface area contributed by atoms with Gasteiger partial charge in [0.15, 0.2) is 0 Å². The van der Waals surface area contributed by atoms with Crippen molar-refractivity contribution in [2.75, 3.05) is 0 Å². The number of rotatable bonds is 5. The fraction of sp³-hybridized carbons (Fsp3) is 0.692. The van der Waals surface area contributed by atoms with Crippen LogP contribution in [0.5, 0.6) is 0 Å². The first kappa shape index (κ1) is 13.7. The van der Waals surface area contributed by atoms with Gasteiger partial charge in [0.2, 0.25) is 0 Å². The van der Waals surface area contributed by atoms with Crippen LogP contribution in [-0.2, 0) is 9.59 Å². The topological polar surface area (TPSA) is 74.6 Å². The lowest BCUT2D eigenvalue weighted by Crippen LogP contribution is -2.16. The highest BCUT2D eigenvalue weighted by molar-refractivity contribution is 5.98. The Bertz CT molecular complexity index is 324. The molecule has 1 aliphatic carbocycles. The maximum atomic E-state index is 11.2. The maximum Gasteiger partial charge on any atom is 0.332 e. The van der Waals surface area contributed by atoms with Crippen LogP contribution in [0, 0.1) is 5.92 Å². The van der Waals surface area contributed by atoms with Crippen molar-refractivity contribution in [3.63, 3.8) is 0 Å². The van der Waals surface area contributed by atoms with E-state index in [0.29, 0.717) is 12.3 Å². The monoisotopic (exact) mass is 240 g/mol. The lowest BCUT2D eigenvalue weighted by Gasteiger charge is -2.22. The van der Waals surface area contributed by atoms with Crippen molar-refractivity contribution in [2.24, 2.45) is 5.92 Å². The second kappa shape index (κ2) is 6.42. The lowest BCUT2D eigenvalue weighted by molar-refractivity contribution is -0.136. The zero-order valence-electron chi connectivity index (χ0n) is 10.2. The fourth-order valence-electron chi connectivity index (χ4n) is 2.51. The highest BCUT2D eigenvalue weighted by atomic mass is 16.4. The Morgan fingerprint density at radius 3 is 1.94 bits per heavy atom. The summed E-state index contributed by atoms with van der Waals surface area (Å²) in [7, 11) is 0. The number of hydrogen-bond acceptors (Lipinski definition) is 2. The Morgan fingerprint density at radius 2 is 1.53 bits per heavy atom. The molecule has 1 aliphatic rings. The van der Waals surface area contributed by atoms with E-state index in [2.05, 4.69) is 0 Å². The van der Waals surface area contributed by atoms with Crippen molar-refractivity contribution < 1.29 is 19.8 Å². The van der Waals surface area contributed by atoms with Gasteiger partial charge in [0.25, 0.3) is 0 Å². The van der Waals surface area contributed by atoms with Crippen molar-refractivity contribution in [3.05, 3.63) is 11.1 Å². The number of carboxylic acid groups (broad SMARTS) is 2. The van der Waals surface area contributed by atoms with Crippen LogP contribution < -0.4 is 0 Å². The molecule has 0 amide bonds. The molecule has 2 N–H and O–H groups in total. The molecule has 0 heterocycles. The Balaban J connectivity index is 2.84. The van der Waals surface area contributed by atoms with Crippen LogP contribution in [-0.4, -0.2) is 22.2 Å². The Hall–Kier alpha value is -1.32. The predicted octanol–water partition coefficient (Wildman–Crippen LogP) is 2.83. The largest absolute Gasteiger partial charge is 0.478 e. The van der Waals surface area contributed by atoms with Gasteiger partial charge in [0, 0.05) is 11.1 Å².